The summed E-state index contributed by atoms with van der Waals surface area (Å²) in [5, 5.41) is 18.0. The molecule has 1 amide bonds. The lowest BCUT2D eigenvalue weighted by molar-refractivity contribution is -0.384. The Labute approximate surface area is 223 Å². The van der Waals surface area contributed by atoms with E-state index in [0.717, 1.165) is 25.1 Å². The van der Waals surface area contributed by atoms with E-state index in [1.54, 1.807) is 18.3 Å². The van der Waals surface area contributed by atoms with Crippen LogP contribution in [0.15, 0.2) is 90.0 Å². The molecule has 0 radical (unpaired) electrons. The van der Waals surface area contributed by atoms with Crippen molar-refractivity contribution in [2.24, 2.45) is 5.10 Å². The summed E-state index contributed by atoms with van der Waals surface area (Å²) >= 11 is 3.47. The van der Waals surface area contributed by atoms with Gasteiger partial charge in [-0.15, -0.1) is 11.3 Å². The smallest absolute Gasteiger partial charge is 0.281 e. The molecular formula is C27H18IN3O4S. The van der Waals surface area contributed by atoms with E-state index in [0.29, 0.717) is 16.9 Å². The number of rotatable bonds is 7. The third-order valence-electron chi connectivity index (χ3n) is 5.48. The fraction of sp³-hybridized carbons (Fsp3) is 0.0370. The molecule has 4 aromatic carbocycles. The summed E-state index contributed by atoms with van der Waals surface area (Å²) in [6, 6.07) is 26.3. The average Bonchev–Trinajstić information content (AvgIpc) is 3.32. The van der Waals surface area contributed by atoms with Gasteiger partial charge in [-0.3, -0.25) is 14.9 Å². The van der Waals surface area contributed by atoms with E-state index in [-0.39, 0.29) is 11.6 Å². The molecule has 0 spiro atoms. The van der Waals surface area contributed by atoms with Gasteiger partial charge in [-0.1, -0.05) is 36.4 Å². The SMILES string of the molecule is O=C(N/N=C\c1ccc(OCc2ccc3ccccc3c2)c(I)c1)c1cc2cc([N+](=O)[O-])ccc2s1. The predicted molar refractivity (Wildman–Crippen MR) is 151 cm³/mol. The Hall–Kier alpha value is -3.83. The average molecular weight is 607 g/mol. The van der Waals surface area contributed by atoms with E-state index in [2.05, 4.69) is 63.4 Å². The normalized spacial score (nSPS) is 11.2. The zero-order valence-electron chi connectivity index (χ0n) is 18.7. The van der Waals surface area contributed by atoms with Gasteiger partial charge in [0.25, 0.3) is 11.6 Å². The maximum atomic E-state index is 12.5. The number of fused-ring (bicyclic) bond motifs is 2. The van der Waals surface area contributed by atoms with Crippen molar-refractivity contribution < 1.29 is 14.5 Å². The van der Waals surface area contributed by atoms with E-state index in [4.69, 9.17) is 4.74 Å². The zero-order valence-corrected chi connectivity index (χ0v) is 21.7. The van der Waals surface area contributed by atoms with Gasteiger partial charge in [0.15, 0.2) is 0 Å². The van der Waals surface area contributed by atoms with Crippen molar-refractivity contribution in [3.05, 3.63) is 115 Å². The van der Waals surface area contributed by atoms with Gasteiger partial charge in [0.05, 0.1) is 19.6 Å². The Balaban J connectivity index is 1.20. The maximum Gasteiger partial charge on any atom is 0.281 e. The van der Waals surface area contributed by atoms with Gasteiger partial charge in [-0.05, 0) is 80.9 Å². The molecule has 1 aromatic heterocycles. The van der Waals surface area contributed by atoms with Crippen molar-refractivity contribution in [2.75, 3.05) is 0 Å². The molecule has 0 atom stereocenters. The van der Waals surface area contributed by atoms with Crippen molar-refractivity contribution in [3.63, 3.8) is 0 Å². The Morgan fingerprint density at radius 2 is 1.83 bits per heavy atom. The van der Waals surface area contributed by atoms with Crippen molar-refractivity contribution >= 4 is 72.6 Å². The molecular weight excluding hydrogens is 589 g/mol. The highest BCUT2D eigenvalue weighted by Gasteiger charge is 2.13. The molecule has 36 heavy (non-hydrogen) atoms. The molecule has 0 unspecified atom stereocenters. The number of carbonyl (C=O) groups is 1. The number of carbonyl (C=O) groups excluding carboxylic acids is 1. The quantitative estimate of drug-likeness (QED) is 0.0942. The highest BCUT2D eigenvalue weighted by atomic mass is 127. The number of hydrogen-bond donors (Lipinski definition) is 1. The lowest BCUT2D eigenvalue weighted by atomic mass is 10.1. The minimum absolute atomic E-state index is 0.00966. The molecule has 5 rings (SSSR count). The van der Waals surface area contributed by atoms with Crippen LogP contribution in [0.5, 0.6) is 5.75 Å². The number of halogens is 1. The van der Waals surface area contributed by atoms with Crippen LogP contribution in [-0.2, 0) is 6.61 Å². The second-order valence-electron chi connectivity index (χ2n) is 7.95. The van der Waals surface area contributed by atoms with Crippen molar-refractivity contribution in [1.82, 2.24) is 5.43 Å². The number of hydrogen-bond acceptors (Lipinski definition) is 6. The summed E-state index contributed by atoms with van der Waals surface area (Å²) in [5.41, 5.74) is 4.41. The first-order chi connectivity index (χ1) is 17.5. The van der Waals surface area contributed by atoms with Crippen LogP contribution in [0.25, 0.3) is 20.9 Å². The summed E-state index contributed by atoms with van der Waals surface area (Å²) in [6.07, 6.45) is 1.56. The monoisotopic (exact) mass is 607 g/mol. The molecule has 0 bridgehead atoms. The molecule has 0 aliphatic rings. The van der Waals surface area contributed by atoms with Gasteiger partial charge in [0.1, 0.15) is 12.4 Å². The molecule has 0 saturated heterocycles. The van der Waals surface area contributed by atoms with Crippen molar-refractivity contribution in [1.29, 1.82) is 0 Å². The number of nitro benzene ring substituents is 1. The number of benzene rings is 4. The van der Waals surface area contributed by atoms with Gasteiger partial charge in [-0.25, -0.2) is 5.43 Å². The van der Waals surface area contributed by atoms with Crippen LogP contribution in [0.4, 0.5) is 5.69 Å². The summed E-state index contributed by atoms with van der Waals surface area (Å²) in [6.45, 7) is 0.461. The van der Waals surface area contributed by atoms with Crippen LogP contribution in [0.3, 0.4) is 0 Å². The van der Waals surface area contributed by atoms with E-state index in [1.165, 1.54) is 34.2 Å². The lowest BCUT2D eigenvalue weighted by Crippen LogP contribution is -2.16. The van der Waals surface area contributed by atoms with Crippen LogP contribution in [-0.4, -0.2) is 17.0 Å². The second kappa shape index (κ2) is 10.4. The van der Waals surface area contributed by atoms with Crippen LogP contribution >= 0.6 is 33.9 Å². The molecule has 1 heterocycles. The molecule has 0 saturated carbocycles. The van der Waals surface area contributed by atoms with Gasteiger partial charge in [-0.2, -0.15) is 5.10 Å². The molecule has 0 aliphatic heterocycles. The van der Waals surface area contributed by atoms with E-state index in [1.807, 2.05) is 30.3 Å². The van der Waals surface area contributed by atoms with Crippen LogP contribution in [0, 0.1) is 13.7 Å². The highest BCUT2D eigenvalue weighted by Crippen LogP contribution is 2.29. The fourth-order valence-electron chi connectivity index (χ4n) is 3.68. The number of thiophene rings is 1. The summed E-state index contributed by atoms with van der Waals surface area (Å²) in [4.78, 5) is 23.4. The maximum absolute atomic E-state index is 12.5. The van der Waals surface area contributed by atoms with Gasteiger partial charge >= 0.3 is 0 Å². The number of non-ortho nitro benzene ring substituents is 1. The van der Waals surface area contributed by atoms with Crippen molar-refractivity contribution in [3.8, 4) is 5.75 Å². The van der Waals surface area contributed by atoms with Crippen LogP contribution in [0.2, 0.25) is 0 Å². The third-order valence-corrected chi connectivity index (χ3v) is 7.44. The molecule has 1 N–H and O–H groups in total. The number of nitro groups is 1. The van der Waals surface area contributed by atoms with E-state index >= 15 is 0 Å². The summed E-state index contributed by atoms with van der Waals surface area (Å²) in [5.74, 6) is 0.393. The first-order valence-corrected chi connectivity index (χ1v) is 12.8. The minimum atomic E-state index is -0.456. The molecule has 178 valence electrons. The largest absolute Gasteiger partial charge is 0.488 e. The molecule has 9 heteroatoms. The van der Waals surface area contributed by atoms with Gasteiger partial charge in [0.2, 0.25) is 0 Å². The van der Waals surface area contributed by atoms with E-state index in [9.17, 15) is 14.9 Å². The third kappa shape index (κ3) is 5.37. The van der Waals surface area contributed by atoms with E-state index < -0.39 is 4.92 Å². The summed E-state index contributed by atoms with van der Waals surface area (Å²) < 4.78 is 7.74. The Kier molecular flexibility index (Phi) is 6.92. The number of hydrazone groups is 1. The number of nitrogens with zero attached hydrogens (tertiary/aromatic N) is 2. The molecule has 5 aromatic rings. The van der Waals surface area contributed by atoms with Crippen LogP contribution < -0.4 is 10.2 Å². The second-order valence-corrected chi connectivity index (χ2v) is 10.2. The molecule has 0 fully saturated rings. The number of ether oxygens (including phenoxy) is 1. The number of amides is 1. The highest BCUT2D eigenvalue weighted by molar-refractivity contribution is 14.1. The van der Waals surface area contributed by atoms with Crippen LogP contribution in [0.1, 0.15) is 20.8 Å². The Morgan fingerprint density at radius 1 is 1.00 bits per heavy atom. The first kappa shape index (κ1) is 23.9. The van der Waals surface area contributed by atoms with Gasteiger partial charge < -0.3 is 4.74 Å². The van der Waals surface area contributed by atoms with Crippen molar-refractivity contribution in [2.45, 2.75) is 6.61 Å². The first-order valence-electron chi connectivity index (χ1n) is 10.9. The Morgan fingerprint density at radius 3 is 2.64 bits per heavy atom. The van der Waals surface area contributed by atoms with Gasteiger partial charge in [0, 0.05) is 22.2 Å². The minimum Gasteiger partial charge on any atom is -0.488 e. The topological polar surface area (TPSA) is 93.8 Å². The lowest BCUT2D eigenvalue weighted by Gasteiger charge is -2.10. The number of nitrogens with one attached hydrogen (secondary N) is 1. The molecule has 0 aliphatic carbocycles. The fourth-order valence-corrected chi connectivity index (χ4v) is 5.31. The Bertz CT molecular complexity index is 1650. The predicted octanol–water partition coefficient (Wildman–Crippen LogP) is 6.91. The zero-order chi connectivity index (χ0) is 25.1. The molecule has 7 nitrogen and oxygen atoms in total. The summed E-state index contributed by atoms with van der Waals surface area (Å²) in [7, 11) is 0. The standard InChI is InChI=1S/C27H18IN3O4S/c28-23-12-17(6-9-24(23)35-16-18-5-7-19-3-1-2-4-20(19)11-18)15-29-30-27(32)26-14-21-13-22(31(33)34)8-10-25(21)36-26/h1-15H,16H2,(H,30,32)/b29-15-.